The Labute approximate surface area is 120 Å². The molecule has 2 atom stereocenters. The summed E-state index contributed by atoms with van der Waals surface area (Å²) in [6.07, 6.45) is 4.97. The van der Waals surface area contributed by atoms with Gasteiger partial charge in [-0.2, -0.15) is 0 Å². The third-order valence-electron chi connectivity index (χ3n) is 3.25. The fourth-order valence-corrected chi connectivity index (χ4v) is 3.66. The molecule has 3 heteroatoms. The molecule has 0 amide bonds. The molecule has 0 heterocycles. The van der Waals surface area contributed by atoms with Crippen LogP contribution in [0, 0.1) is 11.3 Å². The van der Waals surface area contributed by atoms with Gasteiger partial charge in [0.1, 0.15) is 6.10 Å². The first-order chi connectivity index (χ1) is 7.83. The zero-order valence-corrected chi connectivity index (χ0v) is 14.0. The number of halogens is 1. The molecule has 0 aliphatic heterocycles. The number of alkyl halides is 1. The minimum Gasteiger partial charge on any atom is -0.461 e. The summed E-state index contributed by atoms with van der Waals surface area (Å²) in [4.78, 5) is 11.1. The Morgan fingerprint density at radius 3 is 2.41 bits per heavy atom. The average Bonchev–Trinajstić information content (AvgIpc) is 2.21. The fraction of sp³-hybridized carbons (Fsp3) is 0.929. The van der Waals surface area contributed by atoms with Crippen molar-refractivity contribution in [2.45, 2.75) is 66.4 Å². The third-order valence-corrected chi connectivity index (χ3v) is 4.05. The monoisotopic (exact) mass is 354 g/mol. The number of carbonyl (C=O) groups is 1. The molecule has 0 fully saturated rings. The van der Waals surface area contributed by atoms with E-state index < -0.39 is 0 Å². The van der Waals surface area contributed by atoms with E-state index in [4.69, 9.17) is 4.74 Å². The molecule has 102 valence electrons. The molecule has 17 heavy (non-hydrogen) atoms. The van der Waals surface area contributed by atoms with Gasteiger partial charge in [-0.1, -0.05) is 69.5 Å². The highest BCUT2D eigenvalue weighted by atomic mass is 127. The second kappa shape index (κ2) is 8.33. The van der Waals surface area contributed by atoms with Crippen LogP contribution in [0.2, 0.25) is 0 Å². The molecule has 2 nitrogen and oxygen atoms in total. The first-order valence-electron chi connectivity index (χ1n) is 6.56. The second-order valence-corrected chi connectivity index (χ2v) is 6.57. The molecule has 0 N–H and O–H groups in total. The van der Waals surface area contributed by atoms with E-state index in [0.29, 0.717) is 5.92 Å². The van der Waals surface area contributed by atoms with Crippen LogP contribution in [0.15, 0.2) is 0 Å². The van der Waals surface area contributed by atoms with Crippen LogP contribution in [-0.4, -0.2) is 16.5 Å². The molecule has 2 unspecified atom stereocenters. The summed E-state index contributed by atoms with van der Waals surface area (Å²) in [5.41, 5.74) is 0.0695. The number of hydrogen-bond acceptors (Lipinski definition) is 2. The van der Waals surface area contributed by atoms with E-state index >= 15 is 0 Å². The van der Waals surface area contributed by atoms with Gasteiger partial charge in [-0.05, 0) is 12.3 Å². The Kier molecular flexibility index (Phi) is 8.43. The predicted molar refractivity (Wildman–Crippen MR) is 81.5 cm³/mol. The van der Waals surface area contributed by atoms with Crippen molar-refractivity contribution in [1.82, 2.24) is 0 Å². The zero-order valence-electron chi connectivity index (χ0n) is 11.9. The fourth-order valence-electron chi connectivity index (χ4n) is 2.28. The van der Waals surface area contributed by atoms with E-state index in [0.717, 1.165) is 10.8 Å². The van der Waals surface area contributed by atoms with E-state index in [9.17, 15) is 4.79 Å². The first-order valence-corrected chi connectivity index (χ1v) is 8.09. The van der Waals surface area contributed by atoms with Gasteiger partial charge in [0.05, 0.1) is 0 Å². The molecule has 0 aromatic heterocycles. The summed E-state index contributed by atoms with van der Waals surface area (Å²) in [7, 11) is 0. The predicted octanol–water partition coefficient (Wildman–Crippen LogP) is 4.60. The molecule has 0 radical (unpaired) electrons. The van der Waals surface area contributed by atoms with Crippen LogP contribution in [-0.2, 0) is 9.53 Å². The van der Waals surface area contributed by atoms with E-state index in [1.165, 1.54) is 26.2 Å². The second-order valence-electron chi connectivity index (χ2n) is 5.69. The maximum absolute atomic E-state index is 11.1. The van der Waals surface area contributed by atoms with Crippen molar-refractivity contribution in [2.24, 2.45) is 11.3 Å². The SMILES string of the molecule is CCCCC(C)CC(C)(C)C(CI)OC(C)=O. The van der Waals surface area contributed by atoms with Crippen LogP contribution in [0.25, 0.3) is 0 Å². The van der Waals surface area contributed by atoms with Crippen LogP contribution in [0.5, 0.6) is 0 Å². The van der Waals surface area contributed by atoms with Gasteiger partial charge < -0.3 is 4.74 Å². The third kappa shape index (κ3) is 7.27. The quantitative estimate of drug-likeness (QED) is 0.362. The average molecular weight is 354 g/mol. The van der Waals surface area contributed by atoms with Crippen molar-refractivity contribution in [1.29, 1.82) is 0 Å². The maximum atomic E-state index is 11.1. The molecule has 0 aromatic carbocycles. The molecular weight excluding hydrogens is 327 g/mol. The number of rotatable bonds is 8. The highest BCUT2D eigenvalue weighted by Crippen LogP contribution is 2.34. The van der Waals surface area contributed by atoms with E-state index in [1.807, 2.05) is 0 Å². The lowest BCUT2D eigenvalue weighted by Gasteiger charge is -2.34. The summed E-state index contributed by atoms with van der Waals surface area (Å²) < 4.78 is 6.29. The number of carbonyl (C=O) groups excluding carboxylic acids is 1. The van der Waals surface area contributed by atoms with Crippen molar-refractivity contribution < 1.29 is 9.53 Å². The Hall–Kier alpha value is 0.200. The molecular formula is C14H27IO2. The minimum atomic E-state index is -0.166. The largest absolute Gasteiger partial charge is 0.461 e. The molecule has 0 spiro atoms. The molecule has 0 aliphatic rings. The Morgan fingerprint density at radius 2 is 2.00 bits per heavy atom. The van der Waals surface area contributed by atoms with Crippen LogP contribution < -0.4 is 0 Å². The highest BCUT2D eigenvalue weighted by molar-refractivity contribution is 14.1. The lowest BCUT2D eigenvalue weighted by molar-refractivity contribution is -0.151. The van der Waals surface area contributed by atoms with Crippen molar-refractivity contribution in [2.75, 3.05) is 4.43 Å². The van der Waals surface area contributed by atoms with Gasteiger partial charge >= 0.3 is 5.97 Å². The van der Waals surface area contributed by atoms with Crippen molar-refractivity contribution in [3.05, 3.63) is 0 Å². The summed E-state index contributed by atoms with van der Waals surface area (Å²) in [5, 5.41) is 0. The smallest absolute Gasteiger partial charge is 0.302 e. The lowest BCUT2D eigenvalue weighted by Crippen LogP contribution is -2.36. The number of esters is 1. The number of hydrogen-bond donors (Lipinski definition) is 0. The van der Waals surface area contributed by atoms with E-state index in [2.05, 4.69) is 50.3 Å². The first kappa shape index (κ1) is 17.2. The lowest BCUT2D eigenvalue weighted by atomic mass is 9.78. The van der Waals surface area contributed by atoms with Crippen molar-refractivity contribution >= 4 is 28.6 Å². The molecule has 0 aliphatic carbocycles. The molecule has 0 saturated heterocycles. The standard InChI is InChI=1S/C14H27IO2/c1-6-7-8-11(2)9-14(4,5)13(10-15)17-12(3)16/h11,13H,6-10H2,1-5H3. The normalized spacial score (nSPS) is 15.4. The Bertz CT molecular complexity index is 226. The van der Waals surface area contributed by atoms with E-state index in [1.54, 1.807) is 0 Å². The van der Waals surface area contributed by atoms with Crippen molar-refractivity contribution in [3.63, 3.8) is 0 Å². The molecule has 0 saturated carbocycles. The topological polar surface area (TPSA) is 26.3 Å². The van der Waals surface area contributed by atoms with Gasteiger partial charge in [0, 0.05) is 16.8 Å². The van der Waals surface area contributed by atoms with Crippen LogP contribution in [0.4, 0.5) is 0 Å². The summed E-state index contributed by atoms with van der Waals surface area (Å²) in [6, 6.07) is 0. The van der Waals surface area contributed by atoms with Crippen LogP contribution in [0.1, 0.15) is 60.3 Å². The Morgan fingerprint density at radius 1 is 1.41 bits per heavy atom. The van der Waals surface area contributed by atoms with Gasteiger partial charge in [0.15, 0.2) is 0 Å². The van der Waals surface area contributed by atoms with Crippen LogP contribution >= 0.6 is 22.6 Å². The summed E-state index contributed by atoms with van der Waals surface area (Å²) >= 11 is 2.31. The zero-order chi connectivity index (χ0) is 13.5. The number of ether oxygens (including phenoxy) is 1. The Balaban J connectivity index is 4.35. The van der Waals surface area contributed by atoms with Gasteiger partial charge in [-0.25, -0.2) is 0 Å². The maximum Gasteiger partial charge on any atom is 0.302 e. The summed E-state index contributed by atoms with van der Waals surface area (Å²) in [5.74, 6) is 0.534. The van der Waals surface area contributed by atoms with E-state index in [-0.39, 0.29) is 17.5 Å². The molecule has 0 aromatic rings. The highest BCUT2D eigenvalue weighted by Gasteiger charge is 2.32. The van der Waals surface area contributed by atoms with Gasteiger partial charge in [-0.15, -0.1) is 0 Å². The van der Waals surface area contributed by atoms with Crippen LogP contribution in [0.3, 0.4) is 0 Å². The number of unbranched alkanes of at least 4 members (excludes halogenated alkanes) is 1. The van der Waals surface area contributed by atoms with Crippen molar-refractivity contribution in [3.8, 4) is 0 Å². The van der Waals surface area contributed by atoms with Gasteiger partial charge in [-0.3, -0.25) is 4.79 Å². The summed E-state index contributed by atoms with van der Waals surface area (Å²) in [6.45, 7) is 10.4. The molecule has 0 bridgehead atoms. The minimum absolute atomic E-state index is 0.0321. The van der Waals surface area contributed by atoms with Gasteiger partial charge in [0.2, 0.25) is 0 Å². The van der Waals surface area contributed by atoms with Gasteiger partial charge in [0.25, 0.3) is 0 Å². The molecule has 0 rings (SSSR count).